The second-order valence-electron chi connectivity index (χ2n) is 3.36. The first-order valence-corrected chi connectivity index (χ1v) is 7.97. The molecule has 2 rings (SSSR count). The Bertz CT molecular complexity index is 701. The van der Waals surface area contributed by atoms with Crippen molar-refractivity contribution >= 4 is 48.1 Å². The average Bonchev–Trinajstić information content (AvgIpc) is 2.76. The summed E-state index contributed by atoms with van der Waals surface area (Å²) in [6.45, 7) is 0. The second kappa shape index (κ2) is 5.31. The summed E-state index contributed by atoms with van der Waals surface area (Å²) in [5, 5.41) is 7.06. The number of hydrogen-bond donors (Lipinski definition) is 2. The molecule has 0 unspecified atom stereocenters. The lowest BCUT2D eigenvalue weighted by molar-refractivity contribution is 0.417. The molecule has 3 N–H and O–H groups in total. The topological polar surface area (TPSA) is 107 Å². The lowest BCUT2D eigenvalue weighted by atomic mass is 10.3. The molecule has 0 spiro atoms. The van der Waals surface area contributed by atoms with Crippen LogP contribution in [0.2, 0.25) is 0 Å². The van der Waals surface area contributed by atoms with Gasteiger partial charge in [-0.25, -0.2) is 0 Å². The van der Waals surface area contributed by atoms with Crippen LogP contribution in [-0.4, -0.2) is 25.7 Å². The van der Waals surface area contributed by atoms with Crippen LogP contribution in [0.5, 0.6) is 5.75 Å². The predicted octanol–water partition coefficient (Wildman–Crippen LogP) is 1.69. The Labute approximate surface area is 122 Å². The van der Waals surface area contributed by atoms with E-state index in [1.807, 2.05) is 0 Å². The first-order chi connectivity index (χ1) is 8.92. The van der Waals surface area contributed by atoms with E-state index in [0.29, 0.717) is 15.9 Å². The van der Waals surface area contributed by atoms with Crippen molar-refractivity contribution in [3.63, 3.8) is 0 Å². The summed E-state index contributed by atoms with van der Waals surface area (Å²) in [5.41, 5.74) is 5.67. The number of aromatic nitrogens is 2. The van der Waals surface area contributed by atoms with Crippen molar-refractivity contribution in [2.75, 3.05) is 17.6 Å². The lowest BCUT2D eigenvalue weighted by Gasteiger charge is -2.10. The van der Waals surface area contributed by atoms with Crippen molar-refractivity contribution in [1.82, 2.24) is 10.2 Å². The molecule has 0 fully saturated rings. The molecule has 10 heteroatoms. The standard InChI is InChI=1S/C9H9BrN4O3S2/c1-17-7-3-2-5(10)4-6(7)14-19(15,16)9-13-12-8(11)18-9/h2-4,14H,1H3,(H2,11,12). The number of sulfonamides is 1. The molecule has 19 heavy (non-hydrogen) atoms. The van der Waals surface area contributed by atoms with E-state index in [0.717, 1.165) is 11.3 Å². The molecule has 1 aromatic carbocycles. The molecule has 1 heterocycles. The molecule has 0 amide bonds. The second-order valence-corrected chi connectivity index (χ2v) is 7.14. The van der Waals surface area contributed by atoms with Crippen LogP contribution in [0.4, 0.5) is 10.8 Å². The van der Waals surface area contributed by atoms with Crippen molar-refractivity contribution in [1.29, 1.82) is 0 Å². The predicted molar refractivity (Wildman–Crippen MR) is 75.8 cm³/mol. The minimum Gasteiger partial charge on any atom is -0.495 e. The summed E-state index contributed by atoms with van der Waals surface area (Å²) >= 11 is 4.04. The Morgan fingerprint density at radius 3 is 2.74 bits per heavy atom. The largest absolute Gasteiger partial charge is 0.495 e. The molecule has 102 valence electrons. The highest BCUT2D eigenvalue weighted by Crippen LogP contribution is 2.30. The molecule has 0 atom stereocenters. The molecule has 2 aromatic rings. The summed E-state index contributed by atoms with van der Waals surface area (Å²) < 4.78 is 32.1. The van der Waals surface area contributed by atoms with Crippen LogP contribution in [0.25, 0.3) is 0 Å². The Morgan fingerprint density at radius 2 is 2.16 bits per heavy atom. The first kappa shape index (κ1) is 14.0. The molecular weight excluding hydrogens is 356 g/mol. The van der Waals surface area contributed by atoms with Crippen LogP contribution in [0.1, 0.15) is 0 Å². The number of nitrogens with one attached hydrogen (secondary N) is 1. The van der Waals surface area contributed by atoms with Crippen molar-refractivity contribution in [2.24, 2.45) is 0 Å². The summed E-state index contributed by atoms with van der Waals surface area (Å²) in [5.74, 6) is 0.393. The van der Waals surface area contributed by atoms with E-state index in [1.54, 1.807) is 18.2 Å². The van der Waals surface area contributed by atoms with Gasteiger partial charge in [0.25, 0.3) is 14.4 Å². The molecule has 0 radical (unpaired) electrons. The number of halogens is 1. The SMILES string of the molecule is COc1ccc(Br)cc1NS(=O)(=O)c1nnc(N)s1. The minimum atomic E-state index is -3.83. The molecule has 0 saturated carbocycles. The highest BCUT2D eigenvalue weighted by molar-refractivity contribution is 9.10. The van der Waals surface area contributed by atoms with Crippen molar-refractivity contribution < 1.29 is 13.2 Å². The van der Waals surface area contributed by atoms with Gasteiger partial charge in [-0.05, 0) is 18.2 Å². The number of benzene rings is 1. The molecular formula is C9H9BrN4O3S2. The van der Waals surface area contributed by atoms with Crippen LogP contribution >= 0.6 is 27.3 Å². The van der Waals surface area contributed by atoms with Crippen LogP contribution in [0.3, 0.4) is 0 Å². The molecule has 0 saturated heterocycles. The Balaban J connectivity index is 2.38. The number of nitrogen functional groups attached to an aromatic ring is 1. The maximum Gasteiger partial charge on any atom is 0.291 e. The number of hydrogen-bond acceptors (Lipinski definition) is 7. The maximum absolute atomic E-state index is 12.1. The number of nitrogens with zero attached hydrogens (tertiary/aromatic N) is 2. The van der Waals surface area contributed by atoms with Crippen LogP contribution < -0.4 is 15.2 Å². The van der Waals surface area contributed by atoms with E-state index in [9.17, 15) is 8.42 Å². The monoisotopic (exact) mass is 364 g/mol. The van der Waals surface area contributed by atoms with Gasteiger partial charge in [0, 0.05) is 4.47 Å². The van der Waals surface area contributed by atoms with Gasteiger partial charge in [-0.15, -0.1) is 10.2 Å². The first-order valence-electron chi connectivity index (χ1n) is 4.88. The normalized spacial score (nSPS) is 11.3. The fraction of sp³-hybridized carbons (Fsp3) is 0.111. The summed E-state index contributed by atoms with van der Waals surface area (Å²) in [6, 6.07) is 4.96. The van der Waals surface area contributed by atoms with Crippen LogP contribution in [0.15, 0.2) is 27.0 Å². The molecule has 0 aliphatic heterocycles. The quantitative estimate of drug-likeness (QED) is 0.854. The fourth-order valence-corrected chi connectivity index (χ4v) is 3.49. The average molecular weight is 365 g/mol. The van der Waals surface area contributed by atoms with E-state index in [1.165, 1.54) is 7.11 Å². The summed E-state index contributed by atoms with van der Waals surface area (Å²) in [7, 11) is -2.38. The summed E-state index contributed by atoms with van der Waals surface area (Å²) in [6.07, 6.45) is 0. The fourth-order valence-electron chi connectivity index (χ4n) is 1.28. The van der Waals surface area contributed by atoms with Gasteiger partial charge in [-0.3, -0.25) is 4.72 Å². The van der Waals surface area contributed by atoms with Gasteiger partial charge in [0.15, 0.2) is 0 Å². The molecule has 0 bridgehead atoms. The zero-order valence-corrected chi connectivity index (χ0v) is 12.8. The Hall–Kier alpha value is -1.39. The number of ether oxygens (including phenoxy) is 1. The van der Waals surface area contributed by atoms with Crippen LogP contribution in [-0.2, 0) is 10.0 Å². The van der Waals surface area contributed by atoms with Gasteiger partial charge in [-0.2, -0.15) is 8.42 Å². The minimum absolute atomic E-state index is 0.0848. The molecule has 1 aromatic heterocycles. The third-order valence-electron chi connectivity index (χ3n) is 2.06. The highest BCUT2D eigenvalue weighted by atomic mass is 79.9. The highest BCUT2D eigenvalue weighted by Gasteiger charge is 2.21. The van der Waals surface area contributed by atoms with Crippen molar-refractivity contribution in [2.45, 2.75) is 4.34 Å². The molecule has 0 aliphatic carbocycles. The number of anilines is 2. The van der Waals surface area contributed by atoms with Gasteiger partial charge in [0.2, 0.25) is 5.13 Å². The number of nitrogens with two attached hydrogens (primary N) is 1. The van der Waals surface area contributed by atoms with Gasteiger partial charge in [-0.1, -0.05) is 27.3 Å². The molecule has 7 nitrogen and oxygen atoms in total. The lowest BCUT2D eigenvalue weighted by Crippen LogP contribution is -2.13. The number of methoxy groups -OCH3 is 1. The summed E-state index contributed by atoms with van der Waals surface area (Å²) in [4.78, 5) is 0. The third kappa shape index (κ3) is 3.14. The molecule has 0 aliphatic rings. The smallest absolute Gasteiger partial charge is 0.291 e. The number of rotatable bonds is 4. The van der Waals surface area contributed by atoms with Crippen LogP contribution in [0, 0.1) is 0 Å². The van der Waals surface area contributed by atoms with E-state index in [-0.39, 0.29) is 9.47 Å². The van der Waals surface area contributed by atoms with Crippen molar-refractivity contribution in [3.05, 3.63) is 22.7 Å². The third-order valence-corrected chi connectivity index (χ3v) is 5.04. The van der Waals surface area contributed by atoms with Gasteiger partial charge in [0.1, 0.15) is 5.75 Å². The zero-order valence-electron chi connectivity index (χ0n) is 9.62. The van der Waals surface area contributed by atoms with E-state index >= 15 is 0 Å². The van der Waals surface area contributed by atoms with Crippen molar-refractivity contribution in [3.8, 4) is 5.75 Å². The Kier molecular flexibility index (Phi) is 3.92. The van der Waals surface area contributed by atoms with Gasteiger partial charge >= 0.3 is 0 Å². The van der Waals surface area contributed by atoms with Gasteiger partial charge in [0.05, 0.1) is 12.8 Å². The van der Waals surface area contributed by atoms with E-state index in [2.05, 4.69) is 30.8 Å². The van der Waals surface area contributed by atoms with Gasteiger partial charge < -0.3 is 10.5 Å². The maximum atomic E-state index is 12.1. The Morgan fingerprint density at radius 1 is 1.42 bits per heavy atom. The zero-order chi connectivity index (χ0) is 14.0. The van der Waals surface area contributed by atoms with E-state index < -0.39 is 10.0 Å². The van der Waals surface area contributed by atoms with E-state index in [4.69, 9.17) is 10.5 Å².